The van der Waals surface area contributed by atoms with Crippen molar-refractivity contribution in [3.8, 4) is 0 Å². The van der Waals surface area contributed by atoms with Crippen molar-refractivity contribution in [3.05, 3.63) is 33.4 Å². The highest BCUT2D eigenvalue weighted by atomic mass is 14.3. The van der Waals surface area contributed by atoms with Crippen LogP contribution in [0.5, 0.6) is 0 Å². The van der Waals surface area contributed by atoms with Crippen LogP contribution in [-0.4, -0.2) is 0 Å². The van der Waals surface area contributed by atoms with Crippen molar-refractivity contribution in [3.63, 3.8) is 0 Å². The first kappa shape index (κ1) is 15.6. The lowest BCUT2D eigenvalue weighted by Gasteiger charge is -2.29. The molecule has 20 heavy (non-hydrogen) atoms. The van der Waals surface area contributed by atoms with Crippen molar-refractivity contribution in [2.75, 3.05) is 0 Å². The van der Waals surface area contributed by atoms with Crippen molar-refractivity contribution < 1.29 is 0 Å². The molecule has 0 heteroatoms. The molecule has 0 aliphatic heterocycles. The fraction of sp³-hybridized carbons (Fsp3) is 0.700. The van der Waals surface area contributed by atoms with Gasteiger partial charge in [0.15, 0.2) is 0 Å². The minimum Gasteiger partial charge on any atom is -0.0651 e. The molecule has 0 N–H and O–H groups in total. The predicted octanol–water partition coefficient (Wildman–Crippen LogP) is 5.60. The maximum atomic E-state index is 2.36. The second-order valence-corrected chi connectivity index (χ2v) is 6.29. The van der Waals surface area contributed by atoms with E-state index in [1.807, 2.05) is 0 Å². The van der Waals surface area contributed by atoms with Gasteiger partial charge in [0, 0.05) is 0 Å². The molecule has 0 saturated heterocycles. The maximum absolute atomic E-state index is 2.36. The van der Waals surface area contributed by atoms with Crippen LogP contribution in [0.2, 0.25) is 0 Å². The SMILES string of the molecule is CCCc1c(CC)c(CC)c(CCC)c2c1CCCC2. The Morgan fingerprint density at radius 2 is 1.00 bits per heavy atom. The topological polar surface area (TPSA) is 0 Å². The summed E-state index contributed by atoms with van der Waals surface area (Å²) in [7, 11) is 0. The quantitative estimate of drug-likeness (QED) is 0.632. The molecule has 0 radical (unpaired) electrons. The van der Waals surface area contributed by atoms with Crippen molar-refractivity contribution in [2.24, 2.45) is 0 Å². The lowest BCUT2D eigenvalue weighted by atomic mass is 9.76. The van der Waals surface area contributed by atoms with E-state index in [2.05, 4.69) is 27.7 Å². The van der Waals surface area contributed by atoms with E-state index in [4.69, 9.17) is 0 Å². The van der Waals surface area contributed by atoms with E-state index in [-0.39, 0.29) is 0 Å². The average Bonchev–Trinajstić information content (AvgIpc) is 2.49. The second kappa shape index (κ2) is 7.29. The monoisotopic (exact) mass is 272 g/mol. The van der Waals surface area contributed by atoms with Gasteiger partial charge in [-0.25, -0.2) is 0 Å². The van der Waals surface area contributed by atoms with Gasteiger partial charge in [-0.15, -0.1) is 0 Å². The molecular formula is C20H32. The lowest BCUT2D eigenvalue weighted by molar-refractivity contribution is 0.660. The molecule has 0 saturated carbocycles. The number of benzene rings is 1. The fourth-order valence-corrected chi connectivity index (χ4v) is 4.26. The van der Waals surface area contributed by atoms with Crippen LogP contribution < -0.4 is 0 Å². The molecule has 0 heterocycles. The Labute approximate surface area is 126 Å². The standard InChI is InChI=1S/C20H32/c1-5-11-17-15(7-3)16(8-4)18(12-6-2)20-14-10-9-13-19(17)20/h5-14H2,1-4H3. The van der Waals surface area contributed by atoms with Crippen LogP contribution in [0.1, 0.15) is 86.8 Å². The zero-order chi connectivity index (χ0) is 14.5. The van der Waals surface area contributed by atoms with Crippen molar-refractivity contribution in [2.45, 2.75) is 91.9 Å². The molecule has 1 aromatic carbocycles. The Kier molecular flexibility index (Phi) is 5.69. The molecule has 0 spiro atoms. The van der Waals surface area contributed by atoms with Gasteiger partial charge in [-0.05, 0) is 84.7 Å². The van der Waals surface area contributed by atoms with Crippen molar-refractivity contribution >= 4 is 0 Å². The summed E-state index contributed by atoms with van der Waals surface area (Å²) in [5.74, 6) is 0. The molecule has 0 atom stereocenters. The fourth-order valence-electron chi connectivity index (χ4n) is 4.26. The summed E-state index contributed by atoms with van der Waals surface area (Å²) in [6.45, 7) is 9.39. The van der Waals surface area contributed by atoms with Crippen LogP contribution in [0.15, 0.2) is 0 Å². The third-order valence-corrected chi connectivity index (χ3v) is 5.00. The van der Waals surface area contributed by atoms with E-state index in [0.29, 0.717) is 0 Å². The van der Waals surface area contributed by atoms with Crippen LogP contribution in [0.4, 0.5) is 0 Å². The Hall–Kier alpha value is -0.780. The van der Waals surface area contributed by atoms with Gasteiger partial charge < -0.3 is 0 Å². The molecule has 0 bridgehead atoms. The molecule has 2 rings (SSSR count). The van der Waals surface area contributed by atoms with E-state index in [1.54, 1.807) is 33.4 Å². The van der Waals surface area contributed by atoms with Crippen LogP contribution in [0.25, 0.3) is 0 Å². The predicted molar refractivity (Wildman–Crippen MR) is 89.8 cm³/mol. The molecule has 1 aliphatic carbocycles. The van der Waals surface area contributed by atoms with Gasteiger partial charge in [0.25, 0.3) is 0 Å². The van der Waals surface area contributed by atoms with Gasteiger partial charge >= 0.3 is 0 Å². The summed E-state index contributed by atoms with van der Waals surface area (Å²) in [6, 6.07) is 0. The van der Waals surface area contributed by atoms with Gasteiger partial charge in [-0.1, -0.05) is 40.5 Å². The smallest absolute Gasteiger partial charge is 0.0273 e. The van der Waals surface area contributed by atoms with Gasteiger partial charge in [0.05, 0.1) is 0 Å². The van der Waals surface area contributed by atoms with Crippen LogP contribution in [0, 0.1) is 0 Å². The molecule has 0 fully saturated rings. The lowest BCUT2D eigenvalue weighted by Crippen LogP contribution is -2.16. The number of hydrogen-bond donors (Lipinski definition) is 0. The van der Waals surface area contributed by atoms with E-state index >= 15 is 0 Å². The Morgan fingerprint density at radius 1 is 0.600 bits per heavy atom. The summed E-state index contributed by atoms with van der Waals surface area (Å²) in [5.41, 5.74) is 10.5. The van der Waals surface area contributed by atoms with Crippen LogP contribution in [0.3, 0.4) is 0 Å². The van der Waals surface area contributed by atoms with Crippen molar-refractivity contribution in [1.82, 2.24) is 0 Å². The largest absolute Gasteiger partial charge is 0.0651 e. The zero-order valence-electron chi connectivity index (χ0n) is 14.1. The van der Waals surface area contributed by atoms with Gasteiger partial charge in [-0.2, -0.15) is 0 Å². The first-order valence-corrected chi connectivity index (χ1v) is 8.95. The van der Waals surface area contributed by atoms with E-state index in [1.165, 1.54) is 64.2 Å². The molecule has 0 aromatic heterocycles. The maximum Gasteiger partial charge on any atom is -0.0273 e. The van der Waals surface area contributed by atoms with Gasteiger partial charge in [0.2, 0.25) is 0 Å². The van der Waals surface area contributed by atoms with Crippen LogP contribution in [-0.2, 0) is 38.5 Å². The summed E-state index contributed by atoms with van der Waals surface area (Å²) in [4.78, 5) is 0. The average molecular weight is 272 g/mol. The summed E-state index contributed by atoms with van der Waals surface area (Å²) in [6.07, 6.45) is 13.1. The Balaban J connectivity index is 2.68. The van der Waals surface area contributed by atoms with E-state index in [0.717, 1.165) is 0 Å². The molecule has 112 valence electrons. The molecule has 1 aromatic rings. The van der Waals surface area contributed by atoms with Gasteiger partial charge in [-0.3, -0.25) is 0 Å². The highest BCUT2D eigenvalue weighted by molar-refractivity contribution is 5.53. The van der Waals surface area contributed by atoms with E-state index < -0.39 is 0 Å². The molecular weight excluding hydrogens is 240 g/mol. The highest BCUT2D eigenvalue weighted by Crippen LogP contribution is 2.35. The molecule has 0 amide bonds. The number of fused-ring (bicyclic) bond motifs is 1. The zero-order valence-corrected chi connectivity index (χ0v) is 14.1. The molecule has 0 unspecified atom stereocenters. The Bertz CT molecular complexity index is 394. The summed E-state index contributed by atoms with van der Waals surface area (Å²) in [5, 5.41) is 0. The second-order valence-electron chi connectivity index (χ2n) is 6.29. The molecule has 1 aliphatic rings. The molecule has 0 nitrogen and oxygen atoms in total. The van der Waals surface area contributed by atoms with Crippen LogP contribution >= 0.6 is 0 Å². The first-order chi connectivity index (χ1) is 9.78. The summed E-state index contributed by atoms with van der Waals surface area (Å²) < 4.78 is 0. The third kappa shape index (κ3) is 2.80. The first-order valence-electron chi connectivity index (χ1n) is 8.95. The van der Waals surface area contributed by atoms with Crippen molar-refractivity contribution in [1.29, 1.82) is 0 Å². The Morgan fingerprint density at radius 3 is 1.30 bits per heavy atom. The minimum absolute atomic E-state index is 1.22. The third-order valence-electron chi connectivity index (χ3n) is 5.00. The number of rotatable bonds is 6. The van der Waals surface area contributed by atoms with Gasteiger partial charge in [0.1, 0.15) is 0 Å². The minimum atomic E-state index is 1.22. The highest BCUT2D eigenvalue weighted by Gasteiger charge is 2.22. The number of hydrogen-bond acceptors (Lipinski definition) is 0. The normalized spacial score (nSPS) is 14.4. The van der Waals surface area contributed by atoms with E-state index in [9.17, 15) is 0 Å². The summed E-state index contributed by atoms with van der Waals surface area (Å²) >= 11 is 0.